The number of nitrogens with one attached hydrogen (secondary N) is 1. The Hall–Kier alpha value is -3.26. The Labute approximate surface area is 232 Å². The second-order valence-electron chi connectivity index (χ2n) is 9.48. The SMILES string of the molecule is C=C[C@@H](COCc1ccccc1)N[C@@H](/C=C/c1ccccc1)[C@@](O)(C[C@H](C)OCc1ccc(OC)cc1)OC. The molecule has 0 spiro atoms. The minimum absolute atomic E-state index is 0.226. The highest BCUT2D eigenvalue weighted by Crippen LogP contribution is 2.24. The number of hydrogen-bond donors (Lipinski definition) is 2. The quantitative estimate of drug-likeness (QED) is 0.170. The van der Waals surface area contributed by atoms with Crippen molar-refractivity contribution in [1.82, 2.24) is 5.32 Å². The predicted molar refractivity (Wildman–Crippen MR) is 156 cm³/mol. The van der Waals surface area contributed by atoms with E-state index in [4.69, 9.17) is 18.9 Å². The Balaban J connectivity index is 1.69. The summed E-state index contributed by atoms with van der Waals surface area (Å²) in [4.78, 5) is 0. The molecular weight excluding hydrogens is 490 g/mol. The molecule has 39 heavy (non-hydrogen) atoms. The van der Waals surface area contributed by atoms with Crippen molar-refractivity contribution in [2.45, 2.75) is 50.5 Å². The van der Waals surface area contributed by atoms with Crippen LogP contribution in [-0.2, 0) is 27.4 Å². The molecule has 4 atom stereocenters. The minimum Gasteiger partial charge on any atom is -0.497 e. The molecular formula is C33H41NO5. The molecule has 0 saturated carbocycles. The van der Waals surface area contributed by atoms with E-state index >= 15 is 0 Å². The van der Waals surface area contributed by atoms with Gasteiger partial charge in [0.15, 0.2) is 5.79 Å². The van der Waals surface area contributed by atoms with Gasteiger partial charge in [-0.1, -0.05) is 91.0 Å². The van der Waals surface area contributed by atoms with Crippen molar-refractivity contribution in [3.05, 3.63) is 120 Å². The summed E-state index contributed by atoms with van der Waals surface area (Å²) in [7, 11) is 3.15. The second kappa shape index (κ2) is 16.0. The lowest BCUT2D eigenvalue weighted by molar-refractivity contribution is -0.217. The molecule has 0 saturated heterocycles. The molecule has 0 aliphatic heterocycles. The van der Waals surface area contributed by atoms with E-state index in [1.165, 1.54) is 7.11 Å². The molecule has 0 fully saturated rings. The fraction of sp³-hybridized carbons (Fsp3) is 0.333. The van der Waals surface area contributed by atoms with Crippen LogP contribution in [-0.4, -0.2) is 49.9 Å². The van der Waals surface area contributed by atoms with Crippen LogP contribution < -0.4 is 10.1 Å². The van der Waals surface area contributed by atoms with Crippen molar-refractivity contribution in [3.63, 3.8) is 0 Å². The van der Waals surface area contributed by atoms with Crippen LogP contribution in [0.2, 0.25) is 0 Å². The van der Waals surface area contributed by atoms with Gasteiger partial charge < -0.3 is 24.1 Å². The van der Waals surface area contributed by atoms with Crippen LogP contribution in [0.5, 0.6) is 5.75 Å². The summed E-state index contributed by atoms with van der Waals surface area (Å²) in [6.45, 7) is 7.19. The van der Waals surface area contributed by atoms with Crippen molar-refractivity contribution in [2.75, 3.05) is 20.8 Å². The zero-order valence-corrected chi connectivity index (χ0v) is 23.2. The van der Waals surface area contributed by atoms with Crippen LogP contribution in [0.1, 0.15) is 30.0 Å². The molecule has 3 aromatic carbocycles. The van der Waals surface area contributed by atoms with E-state index < -0.39 is 11.8 Å². The van der Waals surface area contributed by atoms with Crippen LogP contribution in [0.15, 0.2) is 104 Å². The number of ether oxygens (including phenoxy) is 4. The van der Waals surface area contributed by atoms with Crippen LogP contribution in [0, 0.1) is 0 Å². The van der Waals surface area contributed by atoms with Crippen LogP contribution in [0.25, 0.3) is 6.08 Å². The Morgan fingerprint density at radius 2 is 1.54 bits per heavy atom. The minimum atomic E-state index is -1.55. The first kappa shape index (κ1) is 30.3. The lowest BCUT2D eigenvalue weighted by atomic mass is 9.97. The fourth-order valence-corrected chi connectivity index (χ4v) is 4.17. The number of rotatable bonds is 17. The van der Waals surface area contributed by atoms with Gasteiger partial charge >= 0.3 is 0 Å². The highest BCUT2D eigenvalue weighted by Gasteiger charge is 2.38. The van der Waals surface area contributed by atoms with Crippen LogP contribution in [0.4, 0.5) is 0 Å². The average Bonchev–Trinajstić information content (AvgIpc) is 2.98. The van der Waals surface area contributed by atoms with Gasteiger partial charge in [0.2, 0.25) is 0 Å². The van der Waals surface area contributed by atoms with E-state index in [0.29, 0.717) is 19.8 Å². The molecule has 0 heterocycles. The number of methoxy groups -OCH3 is 2. The first-order valence-corrected chi connectivity index (χ1v) is 13.2. The normalized spacial score (nSPS) is 15.4. The maximum Gasteiger partial charge on any atom is 0.186 e. The summed E-state index contributed by atoms with van der Waals surface area (Å²) in [5.74, 6) is -0.755. The summed E-state index contributed by atoms with van der Waals surface area (Å²) >= 11 is 0. The third kappa shape index (κ3) is 10.1. The largest absolute Gasteiger partial charge is 0.497 e. The zero-order chi connectivity index (χ0) is 27.9. The molecule has 3 aromatic rings. The van der Waals surface area contributed by atoms with Gasteiger partial charge in [0, 0.05) is 19.6 Å². The van der Waals surface area contributed by atoms with Gasteiger partial charge in [-0.3, -0.25) is 5.32 Å². The van der Waals surface area contributed by atoms with E-state index in [0.717, 1.165) is 22.4 Å². The number of benzene rings is 3. The molecule has 0 bridgehead atoms. The maximum atomic E-state index is 11.7. The van der Waals surface area contributed by atoms with Crippen LogP contribution >= 0.6 is 0 Å². The van der Waals surface area contributed by atoms with Crippen LogP contribution in [0.3, 0.4) is 0 Å². The van der Waals surface area contributed by atoms with E-state index in [-0.39, 0.29) is 18.6 Å². The van der Waals surface area contributed by atoms with Crippen molar-refractivity contribution in [3.8, 4) is 5.75 Å². The molecule has 0 aliphatic carbocycles. The third-order valence-electron chi connectivity index (χ3n) is 6.48. The molecule has 0 radical (unpaired) electrons. The van der Waals surface area contributed by atoms with E-state index in [2.05, 4.69) is 11.9 Å². The van der Waals surface area contributed by atoms with Gasteiger partial charge in [0.1, 0.15) is 5.75 Å². The molecule has 2 N–H and O–H groups in total. The Bertz CT molecular complexity index is 1120. The highest BCUT2D eigenvalue weighted by atomic mass is 16.6. The Morgan fingerprint density at radius 3 is 2.15 bits per heavy atom. The van der Waals surface area contributed by atoms with Gasteiger partial charge in [-0.15, -0.1) is 6.58 Å². The average molecular weight is 532 g/mol. The first-order valence-electron chi connectivity index (χ1n) is 13.2. The van der Waals surface area contributed by atoms with Gasteiger partial charge in [-0.05, 0) is 35.7 Å². The molecule has 3 rings (SSSR count). The van der Waals surface area contributed by atoms with E-state index in [9.17, 15) is 5.11 Å². The van der Waals surface area contributed by atoms with Crippen molar-refractivity contribution < 1.29 is 24.1 Å². The summed E-state index contributed by atoms with van der Waals surface area (Å²) in [6.07, 6.45) is 5.63. The monoisotopic (exact) mass is 531 g/mol. The molecule has 0 amide bonds. The molecule has 6 nitrogen and oxygen atoms in total. The smallest absolute Gasteiger partial charge is 0.186 e. The molecule has 0 aromatic heterocycles. The summed E-state index contributed by atoms with van der Waals surface area (Å²) in [5, 5.41) is 15.2. The van der Waals surface area contributed by atoms with Crippen molar-refractivity contribution in [2.24, 2.45) is 0 Å². The van der Waals surface area contributed by atoms with Crippen molar-refractivity contribution in [1.29, 1.82) is 0 Å². The first-order chi connectivity index (χ1) is 19.0. The van der Waals surface area contributed by atoms with Gasteiger partial charge in [-0.25, -0.2) is 0 Å². The standard InChI is InChI=1S/C33H41NO5/c1-5-30(25-38-23-28-14-10-7-11-15-28)34-32(21-18-27-12-8-6-9-13-27)33(35,37-4)22-26(2)39-24-29-16-19-31(36-3)20-17-29/h5-21,26,30,32,34-35H,1,22-25H2,2-4H3/b21-18+/t26-,30-,32-,33+/m0/s1. The van der Waals surface area contributed by atoms with Gasteiger partial charge in [-0.2, -0.15) is 0 Å². The Morgan fingerprint density at radius 1 is 0.897 bits per heavy atom. The second-order valence-corrected chi connectivity index (χ2v) is 9.48. The molecule has 208 valence electrons. The Kier molecular flexibility index (Phi) is 12.4. The highest BCUT2D eigenvalue weighted by molar-refractivity contribution is 5.49. The van der Waals surface area contributed by atoms with E-state index in [1.54, 1.807) is 13.2 Å². The molecule has 0 aliphatic rings. The predicted octanol–water partition coefficient (Wildman–Crippen LogP) is 5.77. The zero-order valence-electron chi connectivity index (χ0n) is 23.2. The maximum absolute atomic E-state index is 11.7. The summed E-state index contributed by atoms with van der Waals surface area (Å²) < 4.78 is 23.0. The van der Waals surface area contributed by atoms with E-state index in [1.807, 2.05) is 104 Å². The number of aliphatic hydroxyl groups is 1. The lowest BCUT2D eigenvalue weighted by Gasteiger charge is -2.37. The van der Waals surface area contributed by atoms with Crippen molar-refractivity contribution >= 4 is 6.08 Å². The van der Waals surface area contributed by atoms with Gasteiger partial charge in [0.25, 0.3) is 0 Å². The molecule has 0 unspecified atom stereocenters. The lowest BCUT2D eigenvalue weighted by Crippen LogP contribution is -2.55. The molecule has 6 heteroatoms. The number of hydrogen-bond acceptors (Lipinski definition) is 6. The summed E-state index contributed by atoms with van der Waals surface area (Å²) in [5.41, 5.74) is 3.13. The fourth-order valence-electron chi connectivity index (χ4n) is 4.17. The van der Waals surface area contributed by atoms with Gasteiger partial charge in [0.05, 0.1) is 39.1 Å². The summed E-state index contributed by atoms with van der Waals surface area (Å²) in [6, 6.07) is 26.9. The topological polar surface area (TPSA) is 69.2 Å². The third-order valence-corrected chi connectivity index (χ3v) is 6.48.